The molecule has 0 radical (unpaired) electrons. The van der Waals surface area contributed by atoms with Gasteiger partial charge in [-0.15, -0.1) is 0 Å². The Morgan fingerprint density at radius 1 is 1.64 bits per heavy atom. The van der Waals surface area contributed by atoms with Gasteiger partial charge in [-0.05, 0) is 0 Å². The maximum Gasteiger partial charge on any atom is 0.297 e. The highest BCUT2D eigenvalue weighted by Crippen LogP contribution is 2.14. The standard InChI is InChI=1S/C5H7F2N3O/c1-10-5(4(6)7)8-3(2-11)9-10/h4,11H,2H2,1H3. The lowest BCUT2D eigenvalue weighted by Gasteiger charge is -1.94. The number of halogens is 2. The Kier molecular flexibility index (Phi) is 2.13. The largest absolute Gasteiger partial charge is 0.388 e. The van der Waals surface area contributed by atoms with Crippen molar-refractivity contribution in [1.82, 2.24) is 14.8 Å². The fourth-order valence-electron chi connectivity index (χ4n) is 0.708. The topological polar surface area (TPSA) is 50.9 Å². The molecule has 0 aliphatic carbocycles. The van der Waals surface area contributed by atoms with Crippen molar-refractivity contribution in [1.29, 1.82) is 0 Å². The summed E-state index contributed by atoms with van der Waals surface area (Å²) in [5.41, 5.74) is 0. The summed E-state index contributed by atoms with van der Waals surface area (Å²) in [7, 11) is 1.35. The Morgan fingerprint density at radius 3 is 2.55 bits per heavy atom. The van der Waals surface area contributed by atoms with Gasteiger partial charge in [0.1, 0.15) is 6.61 Å². The highest BCUT2D eigenvalue weighted by Gasteiger charge is 2.15. The van der Waals surface area contributed by atoms with Crippen LogP contribution in [0.2, 0.25) is 0 Å². The third-order valence-electron chi connectivity index (χ3n) is 1.18. The van der Waals surface area contributed by atoms with Crippen molar-refractivity contribution in [3.63, 3.8) is 0 Å². The van der Waals surface area contributed by atoms with Crippen LogP contribution in [0.3, 0.4) is 0 Å². The molecule has 62 valence electrons. The van der Waals surface area contributed by atoms with Crippen LogP contribution < -0.4 is 0 Å². The van der Waals surface area contributed by atoms with E-state index < -0.39 is 18.9 Å². The van der Waals surface area contributed by atoms with Crippen molar-refractivity contribution in [2.24, 2.45) is 7.05 Å². The van der Waals surface area contributed by atoms with Crippen LogP contribution in [0, 0.1) is 0 Å². The second kappa shape index (κ2) is 2.91. The van der Waals surface area contributed by atoms with Gasteiger partial charge < -0.3 is 5.11 Å². The van der Waals surface area contributed by atoms with Gasteiger partial charge in [-0.1, -0.05) is 0 Å². The molecule has 1 heterocycles. The van der Waals surface area contributed by atoms with E-state index in [2.05, 4.69) is 10.1 Å². The zero-order chi connectivity index (χ0) is 8.43. The van der Waals surface area contributed by atoms with Gasteiger partial charge >= 0.3 is 0 Å². The minimum atomic E-state index is -2.65. The number of alkyl halides is 2. The number of nitrogens with zero attached hydrogens (tertiary/aromatic N) is 3. The fourth-order valence-corrected chi connectivity index (χ4v) is 0.708. The Morgan fingerprint density at radius 2 is 2.27 bits per heavy atom. The van der Waals surface area contributed by atoms with E-state index in [1.54, 1.807) is 0 Å². The summed E-state index contributed by atoms with van der Waals surface area (Å²) in [5.74, 6) is -0.406. The molecule has 0 atom stereocenters. The first-order chi connectivity index (χ1) is 5.15. The van der Waals surface area contributed by atoms with Crippen molar-refractivity contribution < 1.29 is 13.9 Å². The number of hydrogen-bond donors (Lipinski definition) is 1. The highest BCUT2D eigenvalue weighted by atomic mass is 19.3. The van der Waals surface area contributed by atoms with E-state index >= 15 is 0 Å². The lowest BCUT2D eigenvalue weighted by Crippen LogP contribution is -1.99. The second-order valence-corrected chi connectivity index (χ2v) is 1.97. The lowest BCUT2D eigenvalue weighted by atomic mass is 10.6. The monoisotopic (exact) mass is 163 g/mol. The number of rotatable bonds is 2. The van der Waals surface area contributed by atoms with Crippen LogP contribution in [-0.4, -0.2) is 19.9 Å². The number of hydrogen-bond acceptors (Lipinski definition) is 3. The summed E-state index contributed by atoms with van der Waals surface area (Å²) >= 11 is 0. The Balaban J connectivity index is 2.97. The van der Waals surface area contributed by atoms with E-state index in [1.165, 1.54) is 7.05 Å². The van der Waals surface area contributed by atoms with E-state index in [1.807, 2.05) is 0 Å². The highest BCUT2D eigenvalue weighted by molar-refractivity contribution is 4.92. The molecule has 1 aromatic rings. The summed E-state index contributed by atoms with van der Waals surface area (Å²) in [4.78, 5) is 3.38. The van der Waals surface area contributed by atoms with Gasteiger partial charge in [0, 0.05) is 7.05 Å². The molecule has 0 fully saturated rings. The molecule has 0 aromatic carbocycles. The van der Waals surface area contributed by atoms with Gasteiger partial charge in [-0.3, -0.25) is 0 Å². The van der Waals surface area contributed by atoms with Crippen molar-refractivity contribution >= 4 is 0 Å². The maximum absolute atomic E-state index is 12.0. The van der Waals surface area contributed by atoms with Gasteiger partial charge in [-0.2, -0.15) is 5.10 Å². The van der Waals surface area contributed by atoms with E-state index in [0.717, 1.165) is 4.68 Å². The summed E-state index contributed by atoms with van der Waals surface area (Å²) in [6.07, 6.45) is -2.65. The van der Waals surface area contributed by atoms with Crippen LogP contribution in [0.5, 0.6) is 0 Å². The second-order valence-electron chi connectivity index (χ2n) is 1.97. The summed E-state index contributed by atoms with van der Waals surface area (Å²) in [6.45, 7) is -0.416. The molecule has 1 N–H and O–H groups in total. The average molecular weight is 163 g/mol. The quantitative estimate of drug-likeness (QED) is 0.679. The fraction of sp³-hybridized carbons (Fsp3) is 0.600. The van der Waals surface area contributed by atoms with Crippen molar-refractivity contribution in [3.8, 4) is 0 Å². The lowest BCUT2D eigenvalue weighted by molar-refractivity contribution is 0.135. The molecule has 0 unspecified atom stereocenters. The first-order valence-corrected chi connectivity index (χ1v) is 2.94. The normalized spacial score (nSPS) is 11.0. The van der Waals surface area contributed by atoms with Gasteiger partial charge in [0.25, 0.3) is 6.43 Å². The third kappa shape index (κ3) is 1.51. The molecular weight excluding hydrogens is 156 g/mol. The first kappa shape index (κ1) is 8.06. The van der Waals surface area contributed by atoms with Crippen LogP contribution in [0.15, 0.2) is 0 Å². The molecule has 0 aliphatic heterocycles. The molecule has 1 aromatic heterocycles. The van der Waals surface area contributed by atoms with E-state index in [0.29, 0.717) is 0 Å². The molecule has 4 nitrogen and oxygen atoms in total. The van der Waals surface area contributed by atoms with Crippen molar-refractivity contribution in [2.75, 3.05) is 0 Å². The predicted molar refractivity (Wildman–Crippen MR) is 31.9 cm³/mol. The molecule has 0 amide bonds. The van der Waals surface area contributed by atoms with E-state index in [-0.39, 0.29) is 5.82 Å². The molecule has 0 bridgehead atoms. The maximum atomic E-state index is 12.0. The molecule has 0 saturated heterocycles. The van der Waals surface area contributed by atoms with Crippen molar-refractivity contribution in [3.05, 3.63) is 11.6 Å². The molecular formula is C5H7F2N3O. The summed E-state index contributed by atoms with van der Waals surface area (Å²) < 4.78 is 24.9. The van der Waals surface area contributed by atoms with Crippen LogP contribution in [0.4, 0.5) is 8.78 Å². The molecule has 11 heavy (non-hydrogen) atoms. The van der Waals surface area contributed by atoms with Gasteiger partial charge in [0.15, 0.2) is 11.6 Å². The zero-order valence-corrected chi connectivity index (χ0v) is 5.83. The van der Waals surface area contributed by atoms with Crippen LogP contribution >= 0.6 is 0 Å². The van der Waals surface area contributed by atoms with E-state index in [9.17, 15) is 8.78 Å². The average Bonchev–Trinajstić information content (AvgIpc) is 2.30. The number of aryl methyl sites for hydroxylation is 1. The first-order valence-electron chi connectivity index (χ1n) is 2.94. The van der Waals surface area contributed by atoms with Gasteiger partial charge in [0.2, 0.25) is 0 Å². The van der Waals surface area contributed by atoms with Crippen LogP contribution in [-0.2, 0) is 13.7 Å². The minimum absolute atomic E-state index is 0.0165. The van der Waals surface area contributed by atoms with Gasteiger partial charge in [0.05, 0.1) is 0 Å². The molecule has 1 rings (SSSR count). The number of aliphatic hydroxyl groups excluding tert-OH is 1. The van der Waals surface area contributed by atoms with Gasteiger partial charge in [-0.25, -0.2) is 18.4 Å². The molecule has 0 aliphatic rings. The predicted octanol–water partition coefficient (Wildman–Crippen LogP) is 0.245. The minimum Gasteiger partial charge on any atom is -0.388 e. The summed E-state index contributed by atoms with van der Waals surface area (Å²) in [6, 6.07) is 0. The SMILES string of the molecule is Cn1nc(CO)nc1C(F)F. The third-order valence-corrected chi connectivity index (χ3v) is 1.18. The smallest absolute Gasteiger partial charge is 0.297 e. The zero-order valence-electron chi connectivity index (χ0n) is 5.83. The summed E-state index contributed by atoms with van der Waals surface area (Å²) in [5, 5.41) is 12.0. The van der Waals surface area contributed by atoms with Crippen LogP contribution in [0.25, 0.3) is 0 Å². The molecule has 0 saturated carbocycles. The molecule has 6 heteroatoms. The number of aromatic nitrogens is 3. The number of aliphatic hydroxyl groups is 1. The van der Waals surface area contributed by atoms with Crippen molar-refractivity contribution in [2.45, 2.75) is 13.0 Å². The Hall–Kier alpha value is -1.04. The van der Waals surface area contributed by atoms with Crippen LogP contribution in [0.1, 0.15) is 18.1 Å². The Bertz CT molecular complexity index is 248. The molecule has 0 spiro atoms. The van der Waals surface area contributed by atoms with E-state index in [4.69, 9.17) is 5.11 Å². The Labute approximate surface area is 61.5 Å².